The van der Waals surface area contributed by atoms with Crippen molar-refractivity contribution in [3.05, 3.63) is 65.7 Å². The number of benzene rings is 1. The van der Waals surface area contributed by atoms with Crippen LogP contribution in [0.1, 0.15) is 33.5 Å². The van der Waals surface area contributed by atoms with Crippen LogP contribution in [0, 0.1) is 0 Å². The summed E-state index contributed by atoms with van der Waals surface area (Å²) in [5, 5.41) is 5.58. The zero-order valence-electron chi connectivity index (χ0n) is 18.0. The highest BCUT2D eigenvalue weighted by atomic mass is 35.5. The van der Waals surface area contributed by atoms with Crippen molar-refractivity contribution in [3.8, 4) is 0 Å². The molecule has 3 aromatic rings. The lowest BCUT2D eigenvalue weighted by Gasteiger charge is -2.08. The van der Waals surface area contributed by atoms with E-state index in [1.807, 2.05) is 0 Å². The van der Waals surface area contributed by atoms with Crippen molar-refractivity contribution in [2.24, 2.45) is 14.1 Å². The molecule has 4 N–H and O–H groups in total. The molecule has 2 aromatic heterocycles. The molecule has 10 heteroatoms. The Morgan fingerprint density at radius 3 is 2.19 bits per heavy atom. The van der Waals surface area contributed by atoms with Crippen LogP contribution in [0.25, 0.3) is 0 Å². The number of rotatable bonds is 7. The number of halogens is 1. The highest BCUT2D eigenvalue weighted by Crippen LogP contribution is 2.18. The van der Waals surface area contributed by atoms with E-state index < -0.39 is 0 Å². The average molecular weight is 460 g/mol. The van der Waals surface area contributed by atoms with Gasteiger partial charge in [0.05, 0.1) is 24.4 Å². The summed E-state index contributed by atoms with van der Waals surface area (Å²) in [7, 11) is 3.44. The van der Waals surface area contributed by atoms with Crippen LogP contribution in [0.5, 0.6) is 0 Å². The number of carbonyl (C=O) groups is 3. The van der Waals surface area contributed by atoms with Crippen LogP contribution in [0.3, 0.4) is 0 Å². The minimum Gasteiger partial charge on any atom is -0.466 e. The Kier molecular flexibility index (Phi) is 8.09. The molecule has 0 saturated carbocycles. The van der Waals surface area contributed by atoms with Crippen molar-refractivity contribution in [2.75, 3.05) is 23.0 Å². The minimum absolute atomic E-state index is 0. The summed E-state index contributed by atoms with van der Waals surface area (Å²) in [6, 6.07) is 10.2. The first-order valence-corrected chi connectivity index (χ1v) is 9.72. The number of ether oxygens (including phenoxy) is 1. The Hall–Kier alpha value is -3.72. The van der Waals surface area contributed by atoms with Crippen LogP contribution in [0.15, 0.2) is 48.8 Å². The lowest BCUT2D eigenvalue weighted by molar-refractivity contribution is -0.142. The number of nitrogens with zero attached hydrogens (tertiary/aromatic N) is 2. The normalized spacial score (nSPS) is 10.2. The van der Waals surface area contributed by atoms with Crippen molar-refractivity contribution in [2.45, 2.75) is 13.3 Å². The third-order valence-electron chi connectivity index (χ3n) is 4.59. The second-order valence-corrected chi connectivity index (χ2v) is 7.08. The van der Waals surface area contributed by atoms with Crippen molar-refractivity contribution < 1.29 is 19.1 Å². The number of aromatic nitrogens is 2. The number of amides is 2. The Bertz CT molecular complexity index is 1140. The van der Waals surface area contributed by atoms with Crippen molar-refractivity contribution in [1.29, 1.82) is 0 Å². The van der Waals surface area contributed by atoms with E-state index in [0.717, 1.165) is 5.56 Å². The van der Waals surface area contributed by atoms with Gasteiger partial charge >= 0.3 is 5.97 Å². The van der Waals surface area contributed by atoms with E-state index in [9.17, 15) is 14.4 Å². The second kappa shape index (κ2) is 10.5. The zero-order chi connectivity index (χ0) is 22.5. The van der Waals surface area contributed by atoms with Gasteiger partial charge in [0.2, 0.25) is 0 Å². The summed E-state index contributed by atoms with van der Waals surface area (Å²) in [5.41, 5.74) is 8.75. The summed E-state index contributed by atoms with van der Waals surface area (Å²) in [6.07, 6.45) is 3.42. The first-order valence-electron chi connectivity index (χ1n) is 9.72. The van der Waals surface area contributed by atoms with Crippen LogP contribution >= 0.6 is 12.4 Å². The zero-order valence-corrected chi connectivity index (χ0v) is 18.9. The molecule has 0 aliphatic heterocycles. The number of anilines is 3. The van der Waals surface area contributed by atoms with Gasteiger partial charge in [-0.1, -0.05) is 12.1 Å². The Labute approximate surface area is 191 Å². The lowest BCUT2D eigenvalue weighted by atomic mass is 10.1. The highest BCUT2D eigenvalue weighted by Gasteiger charge is 2.16. The summed E-state index contributed by atoms with van der Waals surface area (Å²) in [6.45, 7) is 2.07. The van der Waals surface area contributed by atoms with E-state index in [4.69, 9.17) is 10.5 Å². The molecule has 3 rings (SSSR count). The fraction of sp³-hybridized carbons (Fsp3) is 0.227. The number of nitrogen functional groups attached to an aromatic ring is 1. The molecule has 0 bridgehead atoms. The summed E-state index contributed by atoms with van der Waals surface area (Å²) in [5.74, 6) is -1.00. The van der Waals surface area contributed by atoms with Gasteiger partial charge in [-0.05, 0) is 36.8 Å². The Morgan fingerprint density at radius 2 is 1.56 bits per heavy atom. The third kappa shape index (κ3) is 5.92. The predicted molar refractivity (Wildman–Crippen MR) is 125 cm³/mol. The van der Waals surface area contributed by atoms with Gasteiger partial charge in [0.25, 0.3) is 11.8 Å². The molecule has 0 radical (unpaired) electrons. The standard InChI is InChI=1S/C22H25N5O4.ClH/c1-4-31-20(28)9-14-6-5-7-16(8-14)24-22(30)19-11-17(13-27(19)3)25-21(29)18-10-15(23)12-26(18)2;/h5-8,10-13H,4,9,23H2,1-3H3,(H,24,30)(H,25,29);1H. The molecule has 170 valence electrons. The number of nitrogens with one attached hydrogen (secondary N) is 2. The van der Waals surface area contributed by atoms with Crippen molar-refractivity contribution >= 4 is 47.3 Å². The van der Waals surface area contributed by atoms with Gasteiger partial charge in [0.15, 0.2) is 0 Å². The molecule has 0 unspecified atom stereocenters. The molecule has 1 aromatic carbocycles. The summed E-state index contributed by atoms with van der Waals surface area (Å²) >= 11 is 0. The molecule has 0 aliphatic rings. The molecule has 2 amide bonds. The number of hydrogen-bond acceptors (Lipinski definition) is 5. The maximum atomic E-state index is 12.7. The van der Waals surface area contributed by atoms with Crippen LogP contribution in [-0.4, -0.2) is 33.5 Å². The molecular weight excluding hydrogens is 434 g/mol. The monoisotopic (exact) mass is 459 g/mol. The number of hydrogen-bond donors (Lipinski definition) is 3. The predicted octanol–water partition coefficient (Wildman–Crippen LogP) is 2.98. The summed E-state index contributed by atoms with van der Waals surface area (Å²) < 4.78 is 8.20. The third-order valence-corrected chi connectivity index (χ3v) is 4.59. The first-order chi connectivity index (χ1) is 14.8. The molecule has 0 fully saturated rings. The molecule has 0 aliphatic carbocycles. The molecule has 0 saturated heterocycles. The highest BCUT2D eigenvalue weighted by molar-refractivity contribution is 6.07. The number of aryl methyl sites for hydroxylation is 2. The fourth-order valence-electron chi connectivity index (χ4n) is 3.20. The summed E-state index contributed by atoms with van der Waals surface area (Å²) in [4.78, 5) is 36.9. The van der Waals surface area contributed by atoms with E-state index in [1.54, 1.807) is 78.9 Å². The van der Waals surface area contributed by atoms with Crippen LogP contribution < -0.4 is 16.4 Å². The van der Waals surface area contributed by atoms with Gasteiger partial charge in [-0.3, -0.25) is 14.4 Å². The quantitative estimate of drug-likeness (QED) is 0.469. The number of nitrogens with two attached hydrogens (primary N) is 1. The van der Waals surface area contributed by atoms with Crippen molar-refractivity contribution in [1.82, 2.24) is 9.13 Å². The maximum absolute atomic E-state index is 12.7. The van der Waals surface area contributed by atoms with E-state index in [2.05, 4.69) is 10.6 Å². The lowest BCUT2D eigenvalue weighted by Crippen LogP contribution is -2.16. The first kappa shape index (κ1) is 24.5. The average Bonchev–Trinajstić information content (AvgIpc) is 3.23. The molecular formula is C22H26ClN5O4. The largest absolute Gasteiger partial charge is 0.466 e. The van der Waals surface area contributed by atoms with Gasteiger partial charge in [-0.15, -0.1) is 12.4 Å². The molecule has 32 heavy (non-hydrogen) atoms. The van der Waals surface area contributed by atoms with Gasteiger partial charge in [0.1, 0.15) is 11.4 Å². The van der Waals surface area contributed by atoms with Gasteiger partial charge in [-0.25, -0.2) is 0 Å². The number of esters is 1. The number of carbonyl (C=O) groups excluding carboxylic acids is 3. The Morgan fingerprint density at radius 1 is 0.938 bits per heavy atom. The van der Waals surface area contributed by atoms with Gasteiger partial charge < -0.3 is 30.2 Å². The fourth-order valence-corrected chi connectivity index (χ4v) is 3.20. The molecule has 9 nitrogen and oxygen atoms in total. The van der Waals surface area contributed by atoms with E-state index in [-0.39, 0.29) is 36.6 Å². The SMILES string of the molecule is CCOC(=O)Cc1cccc(NC(=O)c2cc(NC(=O)c3cc(N)cn3C)cn2C)c1.Cl. The van der Waals surface area contributed by atoms with Crippen molar-refractivity contribution in [3.63, 3.8) is 0 Å². The van der Waals surface area contributed by atoms with E-state index in [0.29, 0.717) is 35.1 Å². The topological polar surface area (TPSA) is 120 Å². The minimum atomic E-state index is -0.348. The van der Waals surface area contributed by atoms with E-state index >= 15 is 0 Å². The van der Waals surface area contributed by atoms with Crippen LogP contribution in [0.4, 0.5) is 17.1 Å². The van der Waals surface area contributed by atoms with E-state index in [1.165, 1.54) is 0 Å². The maximum Gasteiger partial charge on any atom is 0.310 e. The van der Waals surface area contributed by atoms with Gasteiger partial charge in [-0.2, -0.15) is 0 Å². The smallest absolute Gasteiger partial charge is 0.310 e. The molecule has 0 spiro atoms. The second-order valence-electron chi connectivity index (χ2n) is 7.08. The van der Waals surface area contributed by atoms with Crippen LogP contribution in [-0.2, 0) is 30.0 Å². The Balaban J connectivity index is 0.00000363. The van der Waals surface area contributed by atoms with Crippen LogP contribution in [0.2, 0.25) is 0 Å². The van der Waals surface area contributed by atoms with Gasteiger partial charge in [0, 0.05) is 32.2 Å². The molecule has 2 heterocycles. The molecule has 0 atom stereocenters.